The summed E-state index contributed by atoms with van der Waals surface area (Å²) >= 11 is 0. The predicted molar refractivity (Wildman–Crippen MR) is 63.9 cm³/mol. The van der Waals surface area contributed by atoms with Crippen LogP contribution in [0.1, 0.15) is 17.5 Å². The monoisotopic (exact) mass is 235 g/mol. The highest BCUT2D eigenvalue weighted by Crippen LogP contribution is 2.38. The summed E-state index contributed by atoms with van der Waals surface area (Å²) in [6, 6.07) is 7.17. The predicted octanol–water partition coefficient (Wildman–Crippen LogP) is 1.07. The van der Waals surface area contributed by atoms with Crippen LogP contribution in [-0.2, 0) is 14.9 Å². The minimum absolute atomic E-state index is 0.219. The number of aryl methyl sites for hydroxylation is 1. The van der Waals surface area contributed by atoms with Gasteiger partial charge < -0.3 is 15.6 Å². The lowest BCUT2D eigenvalue weighted by atomic mass is 9.72. The zero-order chi connectivity index (χ0) is 12.5. The van der Waals surface area contributed by atoms with Crippen molar-refractivity contribution in [1.29, 1.82) is 0 Å². The molecule has 4 nitrogen and oxygen atoms in total. The molecule has 1 fully saturated rings. The summed E-state index contributed by atoms with van der Waals surface area (Å²) in [6.07, 6.45) is 0.424. The number of carbonyl (C=O) groups is 1. The van der Waals surface area contributed by atoms with Crippen LogP contribution in [0.5, 0.6) is 0 Å². The maximum absolute atomic E-state index is 10.9. The Balaban J connectivity index is 2.26. The van der Waals surface area contributed by atoms with E-state index in [0.29, 0.717) is 19.6 Å². The van der Waals surface area contributed by atoms with Crippen LogP contribution < -0.4 is 5.73 Å². The first kappa shape index (κ1) is 12.1. The third kappa shape index (κ3) is 2.18. The van der Waals surface area contributed by atoms with E-state index in [-0.39, 0.29) is 5.41 Å². The van der Waals surface area contributed by atoms with Gasteiger partial charge in [-0.2, -0.15) is 0 Å². The molecule has 1 unspecified atom stereocenters. The number of hydrogen-bond acceptors (Lipinski definition) is 3. The van der Waals surface area contributed by atoms with Crippen LogP contribution in [-0.4, -0.2) is 30.3 Å². The molecular formula is C13H17NO3. The highest BCUT2D eigenvalue weighted by atomic mass is 16.5. The van der Waals surface area contributed by atoms with E-state index in [1.807, 2.05) is 31.2 Å². The number of carboxylic acid groups (broad SMARTS) is 1. The van der Waals surface area contributed by atoms with Crippen LogP contribution in [0.25, 0.3) is 0 Å². The molecule has 0 bridgehead atoms. The second kappa shape index (κ2) is 4.47. The number of rotatable bonds is 4. The average Bonchev–Trinajstić information content (AvgIpc) is 2.24. The van der Waals surface area contributed by atoms with Gasteiger partial charge in [0.2, 0.25) is 0 Å². The van der Waals surface area contributed by atoms with Gasteiger partial charge in [-0.15, -0.1) is 0 Å². The molecule has 4 heteroatoms. The van der Waals surface area contributed by atoms with Gasteiger partial charge in [-0.05, 0) is 24.5 Å². The first-order valence-corrected chi connectivity index (χ1v) is 5.67. The first-order chi connectivity index (χ1) is 8.05. The van der Waals surface area contributed by atoms with Crippen molar-refractivity contribution in [1.82, 2.24) is 0 Å². The summed E-state index contributed by atoms with van der Waals surface area (Å²) in [5.41, 5.74) is 7.74. The Bertz CT molecular complexity index is 426. The largest absolute Gasteiger partial charge is 0.480 e. The van der Waals surface area contributed by atoms with Crippen molar-refractivity contribution in [3.63, 3.8) is 0 Å². The van der Waals surface area contributed by atoms with Crippen molar-refractivity contribution in [2.24, 2.45) is 5.73 Å². The number of ether oxygens (including phenoxy) is 1. The van der Waals surface area contributed by atoms with Gasteiger partial charge in [0.25, 0.3) is 0 Å². The molecule has 0 aromatic heterocycles. The molecule has 0 amide bonds. The van der Waals surface area contributed by atoms with Crippen molar-refractivity contribution >= 4 is 5.97 Å². The Morgan fingerprint density at radius 2 is 2.18 bits per heavy atom. The summed E-state index contributed by atoms with van der Waals surface area (Å²) in [5.74, 6) is -0.954. The molecule has 92 valence electrons. The normalized spacial score (nSPS) is 19.4. The Morgan fingerprint density at radius 3 is 2.65 bits per heavy atom. The second-order valence-electron chi connectivity index (χ2n) is 4.74. The van der Waals surface area contributed by atoms with Crippen molar-refractivity contribution in [3.8, 4) is 0 Å². The number of hydrogen-bond donors (Lipinski definition) is 2. The van der Waals surface area contributed by atoms with Gasteiger partial charge in [-0.3, -0.25) is 4.79 Å². The smallest absolute Gasteiger partial charge is 0.320 e. The molecule has 0 spiro atoms. The fraction of sp³-hybridized carbons (Fsp3) is 0.462. The third-order valence-electron chi connectivity index (χ3n) is 3.40. The van der Waals surface area contributed by atoms with E-state index in [4.69, 9.17) is 15.6 Å². The van der Waals surface area contributed by atoms with Crippen LogP contribution in [0.15, 0.2) is 24.3 Å². The van der Waals surface area contributed by atoms with Crippen molar-refractivity contribution in [3.05, 3.63) is 35.4 Å². The lowest BCUT2D eigenvalue weighted by Crippen LogP contribution is -2.52. The van der Waals surface area contributed by atoms with Crippen molar-refractivity contribution in [2.45, 2.75) is 24.8 Å². The topological polar surface area (TPSA) is 72.6 Å². The molecule has 1 aliphatic rings. The zero-order valence-corrected chi connectivity index (χ0v) is 9.85. The number of benzene rings is 1. The molecule has 1 aromatic rings. The van der Waals surface area contributed by atoms with Crippen LogP contribution in [0.3, 0.4) is 0 Å². The quantitative estimate of drug-likeness (QED) is 0.818. The van der Waals surface area contributed by atoms with Gasteiger partial charge in [-0.25, -0.2) is 0 Å². The van der Waals surface area contributed by atoms with E-state index in [2.05, 4.69) is 0 Å². The van der Waals surface area contributed by atoms with Crippen LogP contribution in [0, 0.1) is 6.92 Å². The second-order valence-corrected chi connectivity index (χ2v) is 4.74. The third-order valence-corrected chi connectivity index (χ3v) is 3.40. The van der Waals surface area contributed by atoms with Gasteiger partial charge in [-0.1, -0.05) is 24.3 Å². The molecule has 0 saturated carbocycles. The van der Waals surface area contributed by atoms with Crippen molar-refractivity contribution in [2.75, 3.05) is 13.2 Å². The van der Waals surface area contributed by atoms with Crippen LogP contribution >= 0.6 is 0 Å². The molecule has 1 aliphatic heterocycles. The maximum Gasteiger partial charge on any atom is 0.320 e. The van der Waals surface area contributed by atoms with Gasteiger partial charge in [0.15, 0.2) is 0 Å². The highest BCUT2D eigenvalue weighted by Gasteiger charge is 2.43. The summed E-state index contributed by atoms with van der Waals surface area (Å²) in [4.78, 5) is 10.9. The Morgan fingerprint density at radius 1 is 1.53 bits per heavy atom. The van der Waals surface area contributed by atoms with Gasteiger partial charge in [0.1, 0.15) is 6.04 Å². The standard InChI is InChI=1S/C13H17NO3/c1-9-4-2-3-5-10(9)13(7-17-8-13)6-11(14)12(15)16/h2-5,11H,6-8,14H2,1H3,(H,15,16). The molecule has 2 rings (SSSR count). The average molecular weight is 235 g/mol. The van der Waals surface area contributed by atoms with E-state index >= 15 is 0 Å². The molecule has 0 radical (unpaired) electrons. The Labute approximate surface area is 100 Å². The SMILES string of the molecule is Cc1ccccc1C1(CC(N)C(=O)O)COC1. The van der Waals surface area contributed by atoms with E-state index in [1.54, 1.807) is 0 Å². The fourth-order valence-electron chi connectivity index (χ4n) is 2.41. The first-order valence-electron chi connectivity index (χ1n) is 5.67. The summed E-state index contributed by atoms with van der Waals surface area (Å²) in [5, 5.41) is 8.92. The summed E-state index contributed by atoms with van der Waals surface area (Å²) < 4.78 is 5.28. The lowest BCUT2D eigenvalue weighted by molar-refractivity contribution is -0.141. The van der Waals surface area contributed by atoms with E-state index in [9.17, 15) is 4.79 Å². The number of aliphatic carboxylic acids is 1. The molecule has 17 heavy (non-hydrogen) atoms. The fourth-order valence-corrected chi connectivity index (χ4v) is 2.41. The minimum Gasteiger partial charge on any atom is -0.480 e. The van der Waals surface area contributed by atoms with Crippen molar-refractivity contribution < 1.29 is 14.6 Å². The minimum atomic E-state index is -0.954. The molecule has 1 aromatic carbocycles. The van der Waals surface area contributed by atoms with Crippen LogP contribution in [0.4, 0.5) is 0 Å². The summed E-state index contributed by atoms with van der Waals surface area (Å²) in [7, 11) is 0. The number of nitrogens with two attached hydrogens (primary N) is 1. The molecule has 1 heterocycles. The summed E-state index contributed by atoms with van der Waals surface area (Å²) in [6.45, 7) is 3.14. The molecule has 0 aliphatic carbocycles. The molecule has 1 saturated heterocycles. The maximum atomic E-state index is 10.9. The Hall–Kier alpha value is -1.39. The van der Waals surface area contributed by atoms with Crippen LogP contribution in [0.2, 0.25) is 0 Å². The molecule has 1 atom stereocenters. The van der Waals surface area contributed by atoms with Gasteiger partial charge in [0.05, 0.1) is 13.2 Å². The lowest BCUT2D eigenvalue weighted by Gasteiger charge is -2.43. The van der Waals surface area contributed by atoms with E-state index in [0.717, 1.165) is 11.1 Å². The zero-order valence-electron chi connectivity index (χ0n) is 9.85. The van der Waals surface area contributed by atoms with Gasteiger partial charge >= 0.3 is 5.97 Å². The molecular weight excluding hydrogens is 218 g/mol. The van der Waals surface area contributed by atoms with E-state index in [1.165, 1.54) is 0 Å². The van der Waals surface area contributed by atoms with Gasteiger partial charge in [0, 0.05) is 5.41 Å². The van der Waals surface area contributed by atoms with E-state index < -0.39 is 12.0 Å². The Kier molecular flexibility index (Phi) is 3.17. The molecule has 3 N–H and O–H groups in total. The highest BCUT2D eigenvalue weighted by molar-refractivity contribution is 5.73. The number of carboxylic acids is 1.